The van der Waals surface area contributed by atoms with Crippen molar-refractivity contribution in [3.8, 4) is 11.5 Å². The third-order valence-electron chi connectivity index (χ3n) is 1.90. The quantitative estimate of drug-likeness (QED) is 0.784. The first-order chi connectivity index (χ1) is 7.33. The zero-order chi connectivity index (χ0) is 11.1. The van der Waals surface area contributed by atoms with Crippen LogP contribution >= 0.6 is 0 Å². The summed E-state index contributed by atoms with van der Waals surface area (Å²) in [4.78, 5) is 0. The van der Waals surface area contributed by atoms with Gasteiger partial charge in [-0.2, -0.15) is 0 Å². The van der Waals surface area contributed by atoms with Gasteiger partial charge < -0.3 is 15.2 Å². The van der Waals surface area contributed by atoms with Gasteiger partial charge in [0.15, 0.2) is 11.5 Å². The molecule has 1 aromatic carbocycles. The molecule has 0 heterocycles. The molecular weight excluding hydrogens is 197 g/mol. The van der Waals surface area contributed by atoms with Crippen LogP contribution in [0.15, 0.2) is 18.2 Å². The Morgan fingerprint density at radius 3 is 2.73 bits per heavy atom. The van der Waals surface area contributed by atoms with Crippen molar-refractivity contribution in [2.75, 3.05) is 19.9 Å². The highest BCUT2D eigenvalue weighted by Crippen LogP contribution is 2.31. The molecule has 0 fully saturated rings. The Morgan fingerprint density at radius 1 is 1.33 bits per heavy atom. The maximum atomic E-state index is 12.0. The summed E-state index contributed by atoms with van der Waals surface area (Å²) in [5.74, 6) is 1.17. The maximum absolute atomic E-state index is 12.0. The van der Waals surface area contributed by atoms with Gasteiger partial charge in [-0.3, -0.25) is 0 Å². The lowest BCUT2D eigenvalue weighted by molar-refractivity contribution is 0.249. The molecule has 2 N–H and O–H groups in total. The highest BCUT2D eigenvalue weighted by molar-refractivity contribution is 5.46. The van der Waals surface area contributed by atoms with Crippen LogP contribution in [0.1, 0.15) is 12.5 Å². The van der Waals surface area contributed by atoms with Crippen LogP contribution in [-0.4, -0.2) is 19.9 Å². The number of benzene rings is 1. The Bertz CT molecular complexity index is 305. The minimum absolute atomic E-state index is 0.0249. The highest BCUT2D eigenvalue weighted by Gasteiger charge is 2.09. The Morgan fingerprint density at radius 2 is 2.13 bits per heavy atom. The normalized spacial score (nSPS) is 10.1. The molecule has 84 valence electrons. The van der Waals surface area contributed by atoms with Crippen LogP contribution in [0.5, 0.6) is 11.5 Å². The van der Waals surface area contributed by atoms with Gasteiger partial charge in [-0.25, -0.2) is 4.39 Å². The van der Waals surface area contributed by atoms with Gasteiger partial charge in [0.2, 0.25) is 0 Å². The molecule has 0 aromatic heterocycles. The molecule has 0 atom stereocenters. The molecule has 4 heteroatoms. The van der Waals surface area contributed by atoms with Crippen LogP contribution in [0.4, 0.5) is 4.39 Å². The third kappa shape index (κ3) is 3.09. The van der Waals surface area contributed by atoms with E-state index in [-0.39, 0.29) is 6.61 Å². The van der Waals surface area contributed by atoms with Crippen molar-refractivity contribution in [2.24, 2.45) is 5.73 Å². The second kappa shape index (κ2) is 6.24. The molecule has 0 radical (unpaired) electrons. The van der Waals surface area contributed by atoms with Gasteiger partial charge >= 0.3 is 0 Å². The first-order valence-corrected chi connectivity index (χ1v) is 4.97. The fraction of sp³-hybridized carbons (Fsp3) is 0.455. The van der Waals surface area contributed by atoms with E-state index in [1.807, 2.05) is 19.1 Å². The molecule has 3 nitrogen and oxygen atoms in total. The first kappa shape index (κ1) is 11.8. The molecule has 0 saturated heterocycles. The number of alkyl halides is 1. The molecule has 0 aliphatic rings. The molecule has 15 heavy (non-hydrogen) atoms. The molecule has 1 aromatic rings. The molecule has 0 saturated carbocycles. The van der Waals surface area contributed by atoms with E-state index < -0.39 is 6.67 Å². The Labute approximate surface area is 89.0 Å². The van der Waals surface area contributed by atoms with Crippen molar-refractivity contribution >= 4 is 0 Å². The van der Waals surface area contributed by atoms with Gasteiger partial charge in [-0.1, -0.05) is 12.1 Å². The van der Waals surface area contributed by atoms with E-state index in [1.54, 1.807) is 6.07 Å². The first-order valence-electron chi connectivity index (χ1n) is 4.97. The van der Waals surface area contributed by atoms with Gasteiger partial charge in [0.25, 0.3) is 0 Å². The summed E-state index contributed by atoms with van der Waals surface area (Å²) in [6.07, 6.45) is 0. The summed E-state index contributed by atoms with van der Waals surface area (Å²) in [6, 6.07) is 5.47. The van der Waals surface area contributed by atoms with Gasteiger partial charge in [0.05, 0.1) is 6.61 Å². The molecular formula is C11H16FNO2. The van der Waals surface area contributed by atoms with Crippen molar-refractivity contribution in [1.29, 1.82) is 0 Å². The number of nitrogens with two attached hydrogens (primary N) is 1. The predicted molar refractivity (Wildman–Crippen MR) is 57.0 cm³/mol. The lowest BCUT2D eigenvalue weighted by atomic mass is 10.2. The van der Waals surface area contributed by atoms with E-state index in [0.29, 0.717) is 24.7 Å². The standard InChI is InChI=1S/C11H16FNO2/c1-2-14-10-5-3-4-9(8-13)11(10)15-7-6-12/h3-5H,2,6-8,13H2,1H3. The summed E-state index contributed by atoms with van der Waals surface area (Å²) < 4.78 is 22.7. The summed E-state index contributed by atoms with van der Waals surface area (Å²) in [6.45, 7) is 2.28. The smallest absolute Gasteiger partial charge is 0.165 e. The van der Waals surface area contributed by atoms with E-state index in [9.17, 15) is 4.39 Å². The number of hydrogen-bond acceptors (Lipinski definition) is 3. The van der Waals surface area contributed by atoms with Crippen LogP contribution in [0, 0.1) is 0 Å². The average molecular weight is 213 g/mol. The largest absolute Gasteiger partial charge is 0.490 e. The number of halogens is 1. The third-order valence-corrected chi connectivity index (χ3v) is 1.90. The molecule has 0 spiro atoms. The van der Waals surface area contributed by atoms with E-state index in [4.69, 9.17) is 15.2 Å². The topological polar surface area (TPSA) is 44.5 Å². The van der Waals surface area contributed by atoms with E-state index in [2.05, 4.69) is 0 Å². The van der Waals surface area contributed by atoms with Crippen LogP contribution in [0.2, 0.25) is 0 Å². The number of hydrogen-bond donors (Lipinski definition) is 1. The molecule has 0 aliphatic carbocycles. The van der Waals surface area contributed by atoms with E-state index >= 15 is 0 Å². The number of rotatable bonds is 6. The summed E-state index contributed by atoms with van der Waals surface area (Å²) in [5.41, 5.74) is 6.39. The van der Waals surface area contributed by atoms with Gasteiger partial charge in [0.1, 0.15) is 13.3 Å². The molecule has 1 rings (SSSR count). The maximum Gasteiger partial charge on any atom is 0.165 e. The van der Waals surface area contributed by atoms with Crippen molar-refractivity contribution < 1.29 is 13.9 Å². The van der Waals surface area contributed by atoms with Gasteiger partial charge in [-0.15, -0.1) is 0 Å². The molecule has 0 amide bonds. The predicted octanol–water partition coefficient (Wildman–Crippen LogP) is 1.89. The lowest BCUT2D eigenvalue weighted by Gasteiger charge is -2.14. The summed E-state index contributed by atoms with van der Waals surface area (Å²) in [7, 11) is 0. The van der Waals surface area contributed by atoms with Gasteiger partial charge in [-0.05, 0) is 13.0 Å². The van der Waals surface area contributed by atoms with Crippen molar-refractivity contribution in [1.82, 2.24) is 0 Å². The SMILES string of the molecule is CCOc1cccc(CN)c1OCCF. The van der Waals surface area contributed by atoms with Crippen LogP contribution in [-0.2, 0) is 6.54 Å². The molecule has 0 bridgehead atoms. The molecule has 0 aliphatic heterocycles. The summed E-state index contributed by atoms with van der Waals surface area (Å²) >= 11 is 0. The number of para-hydroxylation sites is 1. The average Bonchev–Trinajstić information content (AvgIpc) is 2.27. The fourth-order valence-corrected chi connectivity index (χ4v) is 1.30. The van der Waals surface area contributed by atoms with Crippen LogP contribution in [0.25, 0.3) is 0 Å². The molecule has 0 unspecified atom stereocenters. The Hall–Kier alpha value is -1.29. The van der Waals surface area contributed by atoms with Crippen molar-refractivity contribution in [2.45, 2.75) is 13.5 Å². The zero-order valence-corrected chi connectivity index (χ0v) is 8.83. The lowest BCUT2D eigenvalue weighted by Crippen LogP contribution is -2.07. The van der Waals surface area contributed by atoms with Crippen LogP contribution in [0.3, 0.4) is 0 Å². The Kier molecular flexibility index (Phi) is 4.90. The monoisotopic (exact) mass is 213 g/mol. The zero-order valence-electron chi connectivity index (χ0n) is 8.83. The summed E-state index contributed by atoms with van der Waals surface area (Å²) in [5, 5.41) is 0. The van der Waals surface area contributed by atoms with Crippen molar-refractivity contribution in [3.63, 3.8) is 0 Å². The minimum atomic E-state index is -0.523. The second-order valence-electron chi connectivity index (χ2n) is 2.92. The highest BCUT2D eigenvalue weighted by atomic mass is 19.1. The Balaban J connectivity index is 2.92. The second-order valence-corrected chi connectivity index (χ2v) is 2.92. The van der Waals surface area contributed by atoms with Crippen LogP contribution < -0.4 is 15.2 Å². The van der Waals surface area contributed by atoms with Crippen molar-refractivity contribution in [3.05, 3.63) is 23.8 Å². The van der Waals surface area contributed by atoms with Gasteiger partial charge in [0, 0.05) is 12.1 Å². The van der Waals surface area contributed by atoms with E-state index in [1.165, 1.54) is 0 Å². The minimum Gasteiger partial charge on any atom is -0.490 e. The fourth-order valence-electron chi connectivity index (χ4n) is 1.30. The number of ether oxygens (including phenoxy) is 2. The van der Waals surface area contributed by atoms with E-state index in [0.717, 1.165) is 5.56 Å².